The summed E-state index contributed by atoms with van der Waals surface area (Å²) in [6.45, 7) is 5.23. The van der Waals surface area contributed by atoms with Gasteiger partial charge in [0.2, 0.25) is 0 Å². The predicted molar refractivity (Wildman–Crippen MR) is 154 cm³/mol. The first kappa shape index (κ1) is 32.2. The van der Waals surface area contributed by atoms with Crippen molar-refractivity contribution in [2.24, 2.45) is 0 Å². The lowest BCUT2D eigenvalue weighted by Crippen LogP contribution is -2.51. The molecule has 0 radical (unpaired) electrons. The molecule has 0 aromatic heterocycles. The molecule has 43 heavy (non-hydrogen) atoms. The average molecular weight is 605 g/mol. The molecular weight excluding hydrogens is 565 g/mol. The van der Waals surface area contributed by atoms with Crippen LogP contribution in [0.15, 0.2) is 36.4 Å². The molecule has 1 saturated carbocycles. The standard InChI is InChI=1S/C32H39F3N2O6/c1-31(2,3)43-30(41)36(4)27(18-28(38)39)29(40)37-15-14-22-17-23(11-13-26(22)37)42-19-20-10-12-24(21-8-6-5-7-9-21)25(16-20)32(33,34)35/h10-13,16-17,21,27H,5-9,14-15,18-19H2,1-4H3,(H,38,39). The Morgan fingerprint density at radius 2 is 1.74 bits per heavy atom. The van der Waals surface area contributed by atoms with Crippen LogP contribution < -0.4 is 9.64 Å². The van der Waals surface area contributed by atoms with Crippen LogP contribution in [0.2, 0.25) is 0 Å². The van der Waals surface area contributed by atoms with Crippen molar-refractivity contribution >= 4 is 23.7 Å². The predicted octanol–water partition coefficient (Wildman–Crippen LogP) is 6.93. The van der Waals surface area contributed by atoms with Crippen molar-refractivity contribution in [3.05, 3.63) is 58.7 Å². The third kappa shape index (κ3) is 8.00. The summed E-state index contributed by atoms with van der Waals surface area (Å²) in [5, 5.41) is 9.44. The van der Waals surface area contributed by atoms with Crippen LogP contribution in [0.25, 0.3) is 0 Å². The van der Waals surface area contributed by atoms with Gasteiger partial charge in [-0.1, -0.05) is 31.4 Å². The SMILES string of the molecule is CN(C(=O)OC(C)(C)C)C(CC(=O)O)C(=O)N1CCc2cc(OCc3ccc(C4CCCCC4)c(C(F)(F)F)c3)ccc21. The highest BCUT2D eigenvalue weighted by Gasteiger charge is 2.38. The lowest BCUT2D eigenvalue weighted by molar-refractivity contribution is -0.141. The number of carbonyl (C=O) groups excluding carboxylic acids is 2. The van der Waals surface area contributed by atoms with Gasteiger partial charge >= 0.3 is 18.2 Å². The van der Waals surface area contributed by atoms with Gasteiger partial charge in [0.25, 0.3) is 5.91 Å². The smallest absolute Gasteiger partial charge is 0.416 e. The first-order chi connectivity index (χ1) is 20.1. The Kier molecular flexibility index (Phi) is 9.61. The molecule has 1 N–H and O–H groups in total. The molecule has 0 spiro atoms. The molecule has 2 aromatic rings. The van der Waals surface area contributed by atoms with Crippen LogP contribution in [0.4, 0.5) is 23.7 Å². The van der Waals surface area contributed by atoms with Gasteiger partial charge in [0.05, 0.1) is 12.0 Å². The molecule has 1 unspecified atom stereocenters. The van der Waals surface area contributed by atoms with Crippen molar-refractivity contribution in [2.45, 2.75) is 96.1 Å². The summed E-state index contributed by atoms with van der Waals surface area (Å²) < 4.78 is 53.1. The van der Waals surface area contributed by atoms with Crippen molar-refractivity contribution < 1.29 is 42.1 Å². The minimum absolute atomic E-state index is 0.0587. The number of carbonyl (C=O) groups is 3. The number of rotatable bonds is 8. The summed E-state index contributed by atoms with van der Waals surface area (Å²) in [7, 11) is 1.33. The highest BCUT2D eigenvalue weighted by Crippen LogP contribution is 2.41. The summed E-state index contributed by atoms with van der Waals surface area (Å²) >= 11 is 0. The Morgan fingerprint density at radius 3 is 2.37 bits per heavy atom. The number of nitrogens with zero attached hydrogens (tertiary/aromatic N) is 2. The number of hydrogen-bond donors (Lipinski definition) is 1. The fourth-order valence-electron chi connectivity index (χ4n) is 5.77. The maximum absolute atomic E-state index is 14.0. The Labute approximate surface area is 249 Å². The first-order valence-electron chi connectivity index (χ1n) is 14.6. The Hall–Kier alpha value is -3.76. The van der Waals surface area contributed by atoms with Gasteiger partial charge in [0, 0.05) is 19.3 Å². The van der Waals surface area contributed by atoms with Crippen molar-refractivity contribution in [3.63, 3.8) is 0 Å². The van der Waals surface area contributed by atoms with E-state index in [0.29, 0.717) is 29.0 Å². The second kappa shape index (κ2) is 12.9. The van der Waals surface area contributed by atoms with Crippen LogP contribution in [0.3, 0.4) is 0 Å². The number of fused-ring (bicyclic) bond motifs is 1. The van der Waals surface area contributed by atoms with E-state index in [1.165, 1.54) is 18.0 Å². The third-order valence-electron chi connectivity index (χ3n) is 7.89. The van der Waals surface area contributed by atoms with Gasteiger partial charge in [0.15, 0.2) is 0 Å². The topological polar surface area (TPSA) is 96.4 Å². The maximum Gasteiger partial charge on any atom is 0.416 e. The Morgan fingerprint density at radius 1 is 1.05 bits per heavy atom. The second-order valence-electron chi connectivity index (χ2n) is 12.3. The van der Waals surface area contributed by atoms with Crippen LogP contribution in [0, 0.1) is 0 Å². The molecule has 1 aliphatic carbocycles. The third-order valence-corrected chi connectivity index (χ3v) is 7.89. The number of carboxylic acids is 1. The van der Waals surface area contributed by atoms with Gasteiger partial charge < -0.3 is 19.5 Å². The van der Waals surface area contributed by atoms with Gasteiger partial charge in [-0.3, -0.25) is 14.5 Å². The van der Waals surface area contributed by atoms with E-state index in [0.717, 1.165) is 42.6 Å². The van der Waals surface area contributed by atoms with Crippen LogP contribution in [-0.2, 0) is 33.5 Å². The quantitative estimate of drug-likeness (QED) is 0.351. The van der Waals surface area contributed by atoms with Gasteiger partial charge in [-0.25, -0.2) is 4.79 Å². The van der Waals surface area contributed by atoms with E-state index in [9.17, 15) is 32.7 Å². The number of carboxylic acid groups (broad SMARTS) is 1. The molecule has 1 heterocycles. The zero-order valence-corrected chi connectivity index (χ0v) is 25.0. The zero-order chi connectivity index (χ0) is 31.5. The van der Waals surface area contributed by atoms with Crippen molar-refractivity contribution in [1.82, 2.24) is 4.90 Å². The van der Waals surface area contributed by atoms with Crippen molar-refractivity contribution in [3.8, 4) is 5.75 Å². The Bertz CT molecular complexity index is 1350. The number of ether oxygens (including phenoxy) is 2. The largest absolute Gasteiger partial charge is 0.489 e. The molecule has 0 bridgehead atoms. The van der Waals surface area contributed by atoms with Crippen LogP contribution in [-0.4, -0.2) is 53.2 Å². The van der Waals surface area contributed by atoms with E-state index in [4.69, 9.17) is 9.47 Å². The molecule has 234 valence electrons. The average Bonchev–Trinajstić information content (AvgIpc) is 3.36. The normalized spacial score (nSPS) is 16.4. The number of hydrogen-bond acceptors (Lipinski definition) is 5. The minimum Gasteiger partial charge on any atom is -0.489 e. The molecular formula is C32H39F3N2O6. The van der Waals surface area contributed by atoms with Crippen LogP contribution >= 0.6 is 0 Å². The fourth-order valence-corrected chi connectivity index (χ4v) is 5.77. The molecule has 0 saturated heterocycles. The number of halogens is 3. The van der Waals surface area contributed by atoms with Crippen molar-refractivity contribution in [1.29, 1.82) is 0 Å². The van der Waals surface area contributed by atoms with E-state index >= 15 is 0 Å². The number of alkyl halides is 3. The van der Waals surface area contributed by atoms with Gasteiger partial charge in [0.1, 0.15) is 24.0 Å². The number of benzene rings is 2. The fraction of sp³-hybridized carbons (Fsp3) is 0.531. The van der Waals surface area contributed by atoms with E-state index in [1.807, 2.05) is 0 Å². The Balaban J connectivity index is 1.47. The molecule has 11 heteroatoms. The number of likely N-dealkylation sites (N-methyl/N-ethyl adjacent to an activating group) is 1. The monoisotopic (exact) mass is 604 g/mol. The molecule has 1 aliphatic heterocycles. The molecule has 2 aromatic carbocycles. The first-order valence-corrected chi connectivity index (χ1v) is 14.6. The van der Waals surface area contributed by atoms with E-state index < -0.39 is 47.8 Å². The summed E-state index contributed by atoms with van der Waals surface area (Å²) in [5.41, 5.74) is 0.661. The number of anilines is 1. The molecule has 4 rings (SSSR count). The molecule has 1 fully saturated rings. The number of amides is 2. The van der Waals surface area contributed by atoms with Gasteiger partial charge in [-0.2, -0.15) is 13.2 Å². The molecule has 2 aliphatic rings. The van der Waals surface area contributed by atoms with Crippen LogP contribution in [0.1, 0.15) is 87.5 Å². The lowest BCUT2D eigenvalue weighted by atomic mass is 9.81. The van der Waals surface area contributed by atoms with E-state index in [2.05, 4.69) is 0 Å². The van der Waals surface area contributed by atoms with E-state index in [-0.39, 0.29) is 19.1 Å². The summed E-state index contributed by atoms with van der Waals surface area (Å²) in [6, 6.07) is 8.19. The minimum atomic E-state index is -4.46. The number of aliphatic carboxylic acids is 1. The van der Waals surface area contributed by atoms with Gasteiger partial charge in [-0.15, -0.1) is 0 Å². The van der Waals surface area contributed by atoms with E-state index in [1.54, 1.807) is 51.1 Å². The highest BCUT2D eigenvalue weighted by atomic mass is 19.4. The summed E-state index contributed by atoms with van der Waals surface area (Å²) in [4.78, 5) is 40.1. The summed E-state index contributed by atoms with van der Waals surface area (Å²) in [5.74, 6) is -1.44. The lowest BCUT2D eigenvalue weighted by Gasteiger charge is -2.31. The molecule has 2 amide bonds. The van der Waals surface area contributed by atoms with Crippen molar-refractivity contribution in [2.75, 3.05) is 18.5 Å². The van der Waals surface area contributed by atoms with Gasteiger partial charge in [-0.05, 0) is 86.9 Å². The second-order valence-corrected chi connectivity index (χ2v) is 12.3. The highest BCUT2D eigenvalue weighted by molar-refractivity contribution is 6.01. The summed E-state index contributed by atoms with van der Waals surface area (Å²) in [6.07, 6.45) is -0.933. The van der Waals surface area contributed by atoms with Crippen LogP contribution in [0.5, 0.6) is 5.75 Å². The molecule has 8 nitrogen and oxygen atoms in total. The molecule has 1 atom stereocenters. The maximum atomic E-state index is 14.0. The zero-order valence-electron chi connectivity index (χ0n) is 25.0.